The Labute approximate surface area is 133 Å². The largest absolute Gasteiger partial charge is 0.349 e. The molecule has 1 fully saturated rings. The molecule has 0 aromatic heterocycles. The molecule has 0 aliphatic carbocycles. The third-order valence-corrected chi connectivity index (χ3v) is 4.76. The maximum Gasteiger partial charge on any atom is 0.249 e. The summed E-state index contributed by atoms with van der Waals surface area (Å²) < 4.78 is 6.13. The molecule has 3 nitrogen and oxygen atoms in total. The lowest BCUT2D eigenvalue weighted by Gasteiger charge is -2.33. The maximum atomic E-state index is 12.3. The number of ether oxygens (including phenoxy) is 1. The van der Waals surface area contributed by atoms with Crippen LogP contribution in [0.1, 0.15) is 57.1 Å². The summed E-state index contributed by atoms with van der Waals surface area (Å²) in [5, 5.41) is 0. The zero-order chi connectivity index (χ0) is 15.4. The summed E-state index contributed by atoms with van der Waals surface area (Å²) in [5.74, 6) is 0.0833. The molecular weight excluding hydrogens is 274 g/mol. The Bertz CT molecular complexity index is 540. The van der Waals surface area contributed by atoms with Gasteiger partial charge in [-0.2, -0.15) is 0 Å². The second-order valence-electron chi connectivity index (χ2n) is 6.29. The fraction of sp³-hybridized carbons (Fsp3) is 0.526. The Kier molecular flexibility index (Phi) is 4.63. The van der Waals surface area contributed by atoms with Crippen LogP contribution in [-0.2, 0) is 9.53 Å². The molecular formula is C19H25NO2. The number of carbonyl (C=O) groups excluding carboxylic acids is 1. The lowest BCUT2D eigenvalue weighted by atomic mass is 10.0. The molecule has 0 unspecified atom stereocenters. The van der Waals surface area contributed by atoms with Crippen LogP contribution in [0.5, 0.6) is 0 Å². The second-order valence-corrected chi connectivity index (χ2v) is 6.29. The number of amides is 1. The van der Waals surface area contributed by atoms with Crippen LogP contribution >= 0.6 is 0 Å². The van der Waals surface area contributed by atoms with E-state index in [-0.39, 0.29) is 11.9 Å². The van der Waals surface area contributed by atoms with E-state index in [0.29, 0.717) is 6.61 Å². The van der Waals surface area contributed by atoms with Crippen molar-refractivity contribution in [2.45, 2.75) is 57.2 Å². The lowest BCUT2D eigenvalue weighted by molar-refractivity contribution is -0.136. The van der Waals surface area contributed by atoms with E-state index in [1.807, 2.05) is 29.2 Å². The van der Waals surface area contributed by atoms with Gasteiger partial charge < -0.3 is 4.74 Å². The summed E-state index contributed by atoms with van der Waals surface area (Å²) in [6, 6.07) is 10.2. The highest BCUT2D eigenvalue weighted by Crippen LogP contribution is 2.44. The van der Waals surface area contributed by atoms with Crippen LogP contribution in [0.4, 0.5) is 0 Å². The zero-order valence-corrected chi connectivity index (χ0v) is 13.3. The highest BCUT2D eigenvalue weighted by Gasteiger charge is 2.51. The van der Waals surface area contributed by atoms with Crippen LogP contribution in [0.2, 0.25) is 0 Å². The SMILES string of the molecule is CCCCCCC[C@@]12C=CC(=O)N1[C@@H](c1ccccc1)CO2. The summed E-state index contributed by atoms with van der Waals surface area (Å²) in [5.41, 5.74) is 0.663. The molecule has 3 rings (SSSR count). The topological polar surface area (TPSA) is 29.5 Å². The van der Waals surface area contributed by atoms with Crippen molar-refractivity contribution in [1.82, 2.24) is 4.90 Å². The van der Waals surface area contributed by atoms with Crippen LogP contribution in [0, 0.1) is 0 Å². The molecule has 1 amide bonds. The first-order valence-electron chi connectivity index (χ1n) is 8.48. The Hall–Kier alpha value is -1.61. The molecule has 0 N–H and O–H groups in total. The predicted molar refractivity (Wildman–Crippen MR) is 87.2 cm³/mol. The van der Waals surface area contributed by atoms with Crippen molar-refractivity contribution < 1.29 is 9.53 Å². The van der Waals surface area contributed by atoms with Crippen molar-refractivity contribution in [3.8, 4) is 0 Å². The standard InChI is InChI=1S/C19H25NO2/c1-2-3-4-5-9-13-19-14-12-18(21)20(19)17(15-22-19)16-10-7-6-8-11-16/h6-8,10-12,14,17H,2-5,9,13,15H2,1H3/t17-,19-/m1/s1. The minimum Gasteiger partial charge on any atom is -0.349 e. The smallest absolute Gasteiger partial charge is 0.249 e. The van der Waals surface area contributed by atoms with Gasteiger partial charge in [-0.25, -0.2) is 0 Å². The number of unbranched alkanes of at least 4 members (excludes halogenated alkanes) is 4. The van der Waals surface area contributed by atoms with Gasteiger partial charge >= 0.3 is 0 Å². The van der Waals surface area contributed by atoms with Gasteiger partial charge in [-0.3, -0.25) is 9.69 Å². The van der Waals surface area contributed by atoms with Gasteiger partial charge in [0, 0.05) is 6.08 Å². The fourth-order valence-corrected chi connectivity index (χ4v) is 3.56. The first kappa shape index (κ1) is 15.3. The summed E-state index contributed by atoms with van der Waals surface area (Å²) in [6.07, 6.45) is 10.7. The maximum absolute atomic E-state index is 12.3. The van der Waals surface area contributed by atoms with Crippen molar-refractivity contribution in [2.24, 2.45) is 0 Å². The van der Waals surface area contributed by atoms with Gasteiger partial charge in [0.05, 0.1) is 12.6 Å². The molecule has 1 aromatic rings. The number of fused-ring (bicyclic) bond motifs is 1. The van der Waals surface area contributed by atoms with Gasteiger partial charge in [-0.15, -0.1) is 0 Å². The summed E-state index contributed by atoms with van der Waals surface area (Å²) in [4.78, 5) is 14.3. The second kappa shape index (κ2) is 6.66. The quantitative estimate of drug-likeness (QED) is 0.706. The first-order chi connectivity index (χ1) is 10.8. The lowest BCUT2D eigenvalue weighted by Crippen LogP contribution is -2.43. The molecule has 2 aliphatic rings. The molecule has 3 heteroatoms. The third-order valence-electron chi connectivity index (χ3n) is 4.76. The number of carbonyl (C=O) groups is 1. The average Bonchev–Trinajstić information content (AvgIpc) is 3.07. The zero-order valence-electron chi connectivity index (χ0n) is 13.3. The van der Waals surface area contributed by atoms with E-state index in [1.165, 1.54) is 25.7 Å². The highest BCUT2D eigenvalue weighted by molar-refractivity contribution is 5.92. The number of benzene rings is 1. The van der Waals surface area contributed by atoms with Crippen molar-refractivity contribution in [1.29, 1.82) is 0 Å². The Morgan fingerprint density at radius 1 is 1.18 bits per heavy atom. The van der Waals surface area contributed by atoms with Crippen LogP contribution in [-0.4, -0.2) is 23.1 Å². The molecule has 0 saturated carbocycles. The molecule has 1 aromatic carbocycles. The van der Waals surface area contributed by atoms with Crippen molar-refractivity contribution in [2.75, 3.05) is 6.61 Å². The fourth-order valence-electron chi connectivity index (χ4n) is 3.56. The summed E-state index contributed by atoms with van der Waals surface area (Å²) in [6.45, 7) is 2.82. The van der Waals surface area contributed by atoms with Gasteiger partial charge in [0.2, 0.25) is 5.91 Å². The Balaban J connectivity index is 1.69. The van der Waals surface area contributed by atoms with Crippen LogP contribution in [0.3, 0.4) is 0 Å². The van der Waals surface area contributed by atoms with Gasteiger partial charge in [0.25, 0.3) is 0 Å². The molecule has 2 heterocycles. The molecule has 118 valence electrons. The van der Waals surface area contributed by atoms with E-state index < -0.39 is 5.72 Å². The third kappa shape index (κ3) is 2.82. The van der Waals surface area contributed by atoms with Gasteiger partial charge in [-0.1, -0.05) is 62.9 Å². The van der Waals surface area contributed by atoms with E-state index in [2.05, 4.69) is 19.1 Å². The summed E-state index contributed by atoms with van der Waals surface area (Å²) >= 11 is 0. The molecule has 1 saturated heterocycles. The monoisotopic (exact) mass is 299 g/mol. The predicted octanol–water partition coefficient (Wildman–Crippen LogP) is 4.21. The van der Waals surface area contributed by atoms with E-state index in [9.17, 15) is 4.79 Å². The van der Waals surface area contributed by atoms with Gasteiger partial charge in [0.15, 0.2) is 5.72 Å². The van der Waals surface area contributed by atoms with Crippen LogP contribution in [0.25, 0.3) is 0 Å². The highest BCUT2D eigenvalue weighted by atomic mass is 16.5. The number of rotatable bonds is 7. The van der Waals surface area contributed by atoms with E-state index >= 15 is 0 Å². The Morgan fingerprint density at radius 2 is 1.95 bits per heavy atom. The van der Waals surface area contributed by atoms with Crippen molar-refractivity contribution in [3.63, 3.8) is 0 Å². The number of hydrogen-bond donors (Lipinski definition) is 0. The molecule has 0 spiro atoms. The molecule has 0 bridgehead atoms. The van der Waals surface area contributed by atoms with E-state index in [0.717, 1.165) is 18.4 Å². The molecule has 0 radical (unpaired) electrons. The first-order valence-corrected chi connectivity index (χ1v) is 8.48. The normalized spacial score (nSPS) is 26.7. The van der Waals surface area contributed by atoms with E-state index in [4.69, 9.17) is 4.74 Å². The average molecular weight is 299 g/mol. The van der Waals surface area contributed by atoms with Crippen LogP contribution in [0.15, 0.2) is 42.5 Å². The number of hydrogen-bond acceptors (Lipinski definition) is 2. The number of nitrogens with zero attached hydrogens (tertiary/aromatic N) is 1. The minimum atomic E-state index is -0.496. The van der Waals surface area contributed by atoms with E-state index in [1.54, 1.807) is 6.08 Å². The summed E-state index contributed by atoms with van der Waals surface area (Å²) in [7, 11) is 0. The minimum absolute atomic E-state index is 0.0411. The van der Waals surface area contributed by atoms with Gasteiger partial charge in [0.1, 0.15) is 0 Å². The Morgan fingerprint density at radius 3 is 2.73 bits per heavy atom. The van der Waals surface area contributed by atoms with Crippen molar-refractivity contribution >= 4 is 5.91 Å². The molecule has 22 heavy (non-hydrogen) atoms. The molecule has 2 aliphatic heterocycles. The van der Waals surface area contributed by atoms with Gasteiger partial charge in [-0.05, 0) is 24.5 Å². The van der Waals surface area contributed by atoms with Crippen LogP contribution < -0.4 is 0 Å². The molecule has 2 atom stereocenters. The van der Waals surface area contributed by atoms with Crippen molar-refractivity contribution in [3.05, 3.63) is 48.0 Å².